The number of anilines is 1. The molecule has 6 heteroatoms. The number of methoxy groups -OCH3 is 1. The van der Waals surface area contributed by atoms with E-state index in [1.54, 1.807) is 18.3 Å². The Kier molecular flexibility index (Phi) is 5.14. The van der Waals surface area contributed by atoms with Crippen molar-refractivity contribution < 1.29 is 19.4 Å². The van der Waals surface area contributed by atoms with Crippen LogP contribution in [-0.2, 0) is 9.53 Å². The van der Waals surface area contributed by atoms with Crippen LogP contribution in [0.2, 0.25) is 0 Å². The number of carbonyl (C=O) groups excluding carboxylic acids is 1. The van der Waals surface area contributed by atoms with E-state index in [0.717, 1.165) is 25.7 Å². The van der Waals surface area contributed by atoms with Crippen molar-refractivity contribution in [2.75, 3.05) is 12.4 Å². The Morgan fingerprint density at radius 1 is 1.33 bits per heavy atom. The monoisotopic (exact) mass is 292 g/mol. The summed E-state index contributed by atoms with van der Waals surface area (Å²) in [6.45, 7) is 0. The molecule has 1 fully saturated rings. The predicted octanol–water partition coefficient (Wildman–Crippen LogP) is 2.31. The molecule has 114 valence electrons. The molecule has 2 rings (SSSR count). The molecule has 2 atom stereocenters. The van der Waals surface area contributed by atoms with E-state index >= 15 is 0 Å². The lowest BCUT2D eigenvalue weighted by molar-refractivity contribution is -0.142. The van der Waals surface area contributed by atoms with Gasteiger partial charge in [0, 0.05) is 12.2 Å². The predicted molar refractivity (Wildman–Crippen MR) is 77.2 cm³/mol. The van der Waals surface area contributed by atoms with E-state index in [4.69, 9.17) is 4.74 Å². The van der Waals surface area contributed by atoms with E-state index in [2.05, 4.69) is 10.3 Å². The van der Waals surface area contributed by atoms with Gasteiger partial charge in [-0.15, -0.1) is 0 Å². The summed E-state index contributed by atoms with van der Waals surface area (Å²) in [7, 11) is 1.31. The molecule has 0 aromatic carbocycles. The van der Waals surface area contributed by atoms with Crippen molar-refractivity contribution >= 4 is 17.8 Å². The zero-order chi connectivity index (χ0) is 15.2. The van der Waals surface area contributed by atoms with Gasteiger partial charge in [0.05, 0.1) is 13.0 Å². The molecule has 1 aromatic rings. The Morgan fingerprint density at radius 2 is 2.10 bits per heavy atom. The molecule has 1 saturated carbocycles. The van der Waals surface area contributed by atoms with Gasteiger partial charge >= 0.3 is 11.9 Å². The number of hydrogen-bond donors (Lipinski definition) is 2. The van der Waals surface area contributed by atoms with E-state index in [0.29, 0.717) is 17.8 Å². The number of aliphatic carboxylic acids is 1. The first kappa shape index (κ1) is 15.3. The van der Waals surface area contributed by atoms with Crippen LogP contribution in [0.4, 0.5) is 5.82 Å². The number of carboxylic acids is 1. The summed E-state index contributed by atoms with van der Waals surface area (Å²) in [5.41, 5.74) is 0.327. The highest BCUT2D eigenvalue weighted by Gasteiger charge is 2.30. The second-order valence-corrected chi connectivity index (χ2v) is 5.22. The quantitative estimate of drug-likeness (QED) is 0.654. The average Bonchev–Trinajstić information content (AvgIpc) is 2.72. The summed E-state index contributed by atoms with van der Waals surface area (Å²) in [5, 5.41) is 12.5. The van der Waals surface area contributed by atoms with Crippen LogP contribution < -0.4 is 5.32 Å². The lowest BCUT2D eigenvalue weighted by Crippen LogP contribution is -2.34. The highest BCUT2D eigenvalue weighted by molar-refractivity contribution is 5.94. The Labute approximate surface area is 123 Å². The van der Waals surface area contributed by atoms with Crippen molar-refractivity contribution in [3.63, 3.8) is 0 Å². The Bertz CT molecular complexity index is 518. The maximum absolute atomic E-state index is 11.7. The molecule has 0 saturated heterocycles. The molecule has 2 N–H and O–H groups in total. The lowest BCUT2D eigenvalue weighted by atomic mass is 9.94. The summed E-state index contributed by atoms with van der Waals surface area (Å²) in [6, 6.07) is 3.05. The second-order valence-electron chi connectivity index (χ2n) is 5.22. The summed E-state index contributed by atoms with van der Waals surface area (Å²) in [5.74, 6) is -1.35. The van der Waals surface area contributed by atoms with E-state index in [1.807, 2.05) is 0 Å². The zero-order valence-corrected chi connectivity index (χ0v) is 12.0. The third-order valence-corrected chi connectivity index (χ3v) is 3.87. The van der Waals surface area contributed by atoms with Crippen LogP contribution in [0.1, 0.15) is 42.5 Å². The number of rotatable bonds is 4. The molecule has 0 spiro atoms. The van der Waals surface area contributed by atoms with Gasteiger partial charge in [-0.25, -0.2) is 9.78 Å². The minimum atomic E-state index is -0.801. The number of carboxylic acid groups (broad SMARTS) is 1. The fraction of sp³-hybridized carbons (Fsp3) is 0.533. The first-order valence-electron chi connectivity index (χ1n) is 7.16. The van der Waals surface area contributed by atoms with Crippen molar-refractivity contribution in [3.8, 4) is 0 Å². The van der Waals surface area contributed by atoms with E-state index < -0.39 is 17.9 Å². The van der Waals surface area contributed by atoms with Crippen LogP contribution in [-0.4, -0.2) is 35.2 Å². The first-order chi connectivity index (χ1) is 10.1. The molecule has 2 unspecified atom stereocenters. The van der Waals surface area contributed by atoms with Crippen molar-refractivity contribution in [1.29, 1.82) is 0 Å². The third kappa shape index (κ3) is 3.71. The number of esters is 1. The van der Waals surface area contributed by atoms with Gasteiger partial charge in [0.1, 0.15) is 11.4 Å². The van der Waals surface area contributed by atoms with E-state index in [-0.39, 0.29) is 6.04 Å². The van der Waals surface area contributed by atoms with Crippen molar-refractivity contribution in [2.24, 2.45) is 5.92 Å². The summed E-state index contributed by atoms with van der Waals surface area (Å²) >= 11 is 0. The SMILES string of the molecule is COC(=O)c1cccnc1NC1CCCCCC1C(=O)O. The number of ether oxygens (including phenoxy) is 1. The fourth-order valence-corrected chi connectivity index (χ4v) is 2.75. The van der Waals surface area contributed by atoms with E-state index in [1.165, 1.54) is 7.11 Å². The number of hydrogen-bond acceptors (Lipinski definition) is 5. The summed E-state index contributed by atoms with van der Waals surface area (Å²) in [6.07, 6.45) is 5.90. The zero-order valence-electron chi connectivity index (χ0n) is 12.0. The molecule has 1 aromatic heterocycles. The first-order valence-corrected chi connectivity index (χ1v) is 7.16. The largest absolute Gasteiger partial charge is 0.481 e. The lowest BCUT2D eigenvalue weighted by Gasteiger charge is -2.24. The highest BCUT2D eigenvalue weighted by Crippen LogP contribution is 2.27. The number of nitrogens with zero attached hydrogens (tertiary/aromatic N) is 1. The van der Waals surface area contributed by atoms with Gasteiger partial charge in [0.25, 0.3) is 0 Å². The van der Waals surface area contributed by atoms with Gasteiger partial charge in [0.15, 0.2) is 0 Å². The molecule has 1 aliphatic carbocycles. The smallest absolute Gasteiger partial charge is 0.341 e. The molecule has 0 bridgehead atoms. The van der Waals surface area contributed by atoms with Crippen LogP contribution in [0.15, 0.2) is 18.3 Å². The molecular weight excluding hydrogens is 272 g/mol. The normalized spacial score (nSPS) is 22.1. The van der Waals surface area contributed by atoms with Crippen molar-refractivity contribution in [3.05, 3.63) is 23.9 Å². The number of nitrogens with one attached hydrogen (secondary N) is 1. The van der Waals surface area contributed by atoms with E-state index in [9.17, 15) is 14.7 Å². The second kappa shape index (κ2) is 7.06. The molecular formula is C15H20N2O4. The van der Waals surface area contributed by atoms with Gasteiger partial charge < -0.3 is 15.2 Å². The number of carbonyl (C=O) groups is 2. The minimum absolute atomic E-state index is 0.219. The fourth-order valence-electron chi connectivity index (χ4n) is 2.75. The van der Waals surface area contributed by atoms with Crippen molar-refractivity contribution in [1.82, 2.24) is 4.98 Å². The maximum Gasteiger partial charge on any atom is 0.341 e. The maximum atomic E-state index is 11.7. The highest BCUT2D eigenvalue weighted by atomic mass is 16.5. The molecule has 1 aliphatic rings. The third-order valence-electron chi connectivity index (χ3n) is 3.87. The minimum Gasteiger partial charge on any atom is -0.481 e. The molecule has 21 heavy (non-hydrogen) atoms. The molecule has 0 amide bonds. The molecule has 1 heterocycles. The molecule has 0 aliphatic heterocycles. The van der Waals surface area contributed by atoms with Gasteiger partial charge in [-0.2, -0.15) is 0 Å². The van der Waals surface area contributed by atoms with Crippen LogP contribution in [0, 0.1) is 5.92 Å². The van der Waals surface area contributed by atoms with Gasteiger partial charge in [-0.1, -0.05) is 19.3 Å². The van der Waals surface area contributed by atoms with Crippen LogP contribution in [0.25, 0.3) is 0 Å². The van der Waals surface area contributed by atoms with Crippen LogP contribution in [0.5, 0.6) is 0 Å². The average molecular weight is 292 g/mol. The topological polar surface area (TPSA) is 88.5 Å². The summed E-state index contributed by atoms with van der Waals surface area (Å²) < 4.78 is 4.73. The Balaban J connectivity index is 2.22. The standard InChI is InChI=1S/C15H20N2O4/c1-21-15(20)11-7-5-9-16-13(11)17-12-8-4-2-3-6-10(12)14(18)19/h5,7,9-10,12H,2-4,6,8H2,1H3,(H,16,17)(H,18,19). The van der Waals surface area contributed by atoms with Gasteiger partial charge in [-0.3, -0.25) is 4.79 Å². The molecule has 6 nitrogen and oxygen atoms in total. The number of pyridine rings is 1. The van der Waals surface area contributed by atoms with Gasteiger partial charge in [-0.05, 0) is 25.0 Å². The van der Waals surface area contributed by atoms with Gasteiger partial charge in [0.2, 0.25) is 0 Å². The van der Waals surface area contributed by atoms with Crippen LogP contribution in [0.3, 0.4) is 0 Å². The Hall–Kier alpha value is -2.11. The van der Waals surface area contributed by atoms with Crippen LogP contribution >= 0.6 is 0 Å². The Morgan fingerprint density at radius 3 is 2.81 bits per heavy atom. The molecule has 0 radical (unpaired) electrons. The summed E-state index contributed by atoms with van der Waals surface area (Å²) in [4.78, 5) is 27.3. The number of aromatic nitrogens is 1. The van der Waals surface area contributed by atoms with Crippen molar-refractivity contribution in [2.45, 2.75) is 38.1 Å².